The molecule has 190 valence electrons. The van der Waals surface area contributed by atoms with Gasteiger partial charge in [-0.3, -0.25) is 23.9 Å². The Balaban J connectivity index is 1.93. The molecule has 3 aromatic rings. The molecule has 10 nitrogen and oxygen atoms in total. The topological polar surface area (TPSA) is 106 Å². The van der Waals surface area contributed by atoms with Crippen molar-refractivity contribution in [2.75, 3.05) is 40.4 Å². The van der Waals surface area contributed by atoms with E-state index in [9.17, 15) is 14.4 Å². The van der Waals surface area contributed by atoms with Crippen molar-refractivity contribution >= 4 is 34.7 Å². The van der Waals surface area contributed by atoms with Crippen molar-refractivity contribution in [1.29, 1.82) is 0 Å². The summed E-state index contributed by atoms with van der Waals surface area (Å²) >= 11 is 0.985. The predicted octanol–water partition coefficient (Wildman–Crippen LogP) is 3.32. The predicted molar refractivity (Wildman–Crippen MR) is 133 cm³/mol. The summed E-state index contributed by atoms with van der Waals surface area (Å²) < 4.78 is 27.7. The molecule has 1 aliphatic heterocycles. The van der Waals surface area contributed by atoms with Gasteiger partial charge in [-0.05, 0) is 42.0 Å². The fourth-order valence-corrected chi connectivity index (χ4v) is 5.36. The number of fused-ring (bicyclic) bond motifs is 1. The number of esters is 1. The van der Waals surface area contributed by atoms with Gasteiger partial charge in [0.15, 0.2) is 11.5 Å². The molecule has 0 saturated heterocycles. The van der Waals surface area contributed by atoms with E-state index < -0.39 is 11.9 Å². The highest BCUT2D eigenvalue weighted by atomic mass is 32.1. The molecule has 0 fully saturated rings. The second-order valence-electron chi connectivity index (χ2n) is 7.86. The second kappa shape index (κ2) is 10.3. The molecular weight excluding hydrogens is 488 g/mol. The van der Waals surface area contributed by atoms with Crippen molar-refractivity contribution in [3.63, 3.8) is 0 Å². The largest absolute Gasteiger partial charge is 0.497 e. The Morgan fingerprint density at radius 1 is 0.944 bits per heavy atom. The molecule has 0 radical (unpaired) electrons. The van der Waals surface area contributed by atoms with E-state index in [1.54, 1.807) is 43.5 Å². The number of hydrogen-bond acceptors (Lipinski definition) is 9. The van der Waals surface area contributed by atoms with Gasteiger partial charge >= 0.3 is 10.8 Å². The maximum Gasteiger partial charge on any atom is 0.325 e. The molecule has 2 aromatic carbocycles. The van der Waals surface area contributed by atoms with Crippen LogP contribution in [0.15, 0.2) is 41.2 Å². The van der Waals surface area contributed by atoms with Gasteiger partial charge in [-0.15, -0.1) is 0 Å². The molecule has 0 saturated carbocycles. The molecule has 0 aliphatic carbocycles. The van der Waals surface area contributed by atoms with Gasteiger partial charge in [-0.1, -0.05) is 11.3 Å². The van der Waals surface area contributed by atoms with Crippen LogP contribution in [0.25, 0.3) is 0 Å². The van der Waals surface area contributed by atoms with Crippen LogP contribution in [0.1, 0.15) is 22.8 Å². The number of anilines is 2. The first-order valence-corrected chi connectivity index (χ1v) is 11.8. The third kappa shape index (κ3) is 4.37. The zero-order valence-electron chi connectivity index (χ0n) is 20.5. The zero-order chi connectivity index (χ0) is 26.0. The molecule has 2 heterocycles. The van der Waals surface area contributed by atoms with Gasteiger partial charge in [0.25, 0.3) is 0 Å². The number of methoxy groups -OCH3 is 5. The fraction of sp³-hybridized carbons (Fsp3) is 0.320. The first kappa shape index (κ1) is 25.1. The quantitative estimate of drug-likeness (QED) is 0.422. The number of ether oxygens (including phenoxy) is 5. The van der Waals surface area contributed by atoms with Gasteiger partial charge in [-0.25, -0.2) is 0 Å². The lowest BCUT2D eigenvalue weighted by molar-refractivity contribution is -0.141. The van der Waals surface area contributed by atoms with Gasteiger partial charge in [0.2, 0.25) is 11.7 Å². The second-order valence-corrected chi connectivity index (χ2v) is 8.85. The van der Waals surface area contributed by atoms with Crippen LogP contribution in [-0.4, -0.2) is 52.0 Å². The summed E-state index contributed by atoms with van der Waals surface area (Å²) in [7, 11) is 7.32. The number of carbonyl (C=O) groups excluding carboxylic acids is 2. The summed E-state index contributed by atoms with van der Waals surface area (Å²) in [6.07, 6.45) is 0.0792. The van der Waals surface area contributed by atoms with Gasteiger partial charge in [-0.2, -0.15) is 0 Å². The molecule has 1 amide bonds. The van der Waals surface area contributed by atoms with E-state index >= 15 is 0 Å². The van der Waals surface area contributed by atoms with E-state index in [0.717, 1.165) is 11.3 Å². The van der Waals surface area contributed by atoms with Crippen molar-refractivity contribution < 1.29 is 33.3 Å². The van der Waals surface area contributed by atoms with Crippen LogP contribution in [0.4, 0.5) is 11.5 Å². The number of nitrogens with zero attached hydrogens (tertiary/aromatic N) is 2. The summed E-state index contributed by atoms with van der Waals surface area (Å²) in [5, 5.41) is 0. The average Bonchev–Trinajstić information content (AvgIpc) is 3.22. The Kier molecular flexibility index (Phi) is 7.20. The Hall–Kier alpha value is -3.99. The monoisotopic (exact) mass is 514 g/mol. The number of aromatic nitrogens is 1. The lowest BCUT2D eigenvalue weighted by Crippen LogP contribution is -2.36. The minimum absolute atomic E-state index is 0.0792. The minimum Gasteiger partial charge on any atom is -0.497 e. The Labute approximate surface area is 211 Å². The molecule has 36 heavy (non-hydrogen) atoms. The van der Waals surface area contributed by atoms with Gasteiger partial charge in [0.05, 0.1) is 46.1 Å². The zero-order valence-corrected chi connectivity index (χ0v) is 21.3. The Morgan fingerprint density at radius 2 is 1.58 bits per heavy atom. The van der Waals surface area contributed by atoms with Crippen LogP contribution in [0.2, 0.25) is 0 Å². The molecule has 4 rings (SSSR count). The highest BCUT2D eigenvalue weighted by Crippen LogP contribution is 2.48. The number of amides is 1. The third-order valence-electron chi connectivity index (χ3n) is 5.99. The molecule has 0 bridgehead atoms. The molecule has 11 heteroatoms. The lowest BCUT2D eigenvalue weighted by atomic mass is 9.89. The van der Waals surface area contributed by atoms with Crippen molar-refractivity contribution in [3.05, 3.63) is 56.5 Å². The van der Waals surface area contributed by atoms with E-state index in [1.165, 1.54) is 37.9 Å². The molecule has 0 N–H and O–H groups in total. The molecule has 1 aromatic heterocycles. The van der Waals surface area contributed by atoms with Crippen LogP contribution in [0.3, 0.4) is 0 Å². The SMILES string of the molecule is COC(=O)Cn1c2c(sc1=O)[C@@H](c1cc(OC)c(OC)c(OC)c1)CC(=O)N2c1ccc(OC)cc1. The minimum atomic E-state index is -0.602. The number of hydrogen-bond donors (Lipinski definition) is 0. The summed E-state index contributed by atoms with van der Waals surface area (Å²) in [4.78, 5) is 40.6. The van der Waals surface area contributed by atoms with Crippen molar-refractivity contribution in [3.8, 4) is 23.0 Å². The number of carbonyl (C=O) groups is 2. The number of rotatable bonds is 8. The molecule has 1 atom stereocenters. The van der Waals surface area contributed by atoms with Crippen LogP contribution < -0.4 is 28.7 Å². The number of thiazole rings is 1. The van der Waals surface area contributed by atoms with E-state index in [2.05, 4.69) is 0 Å². The van der Waals surface area contributed by atoms with Crippen LogP contribution >= 0.6 is 11.3 Å². The summed E-state index contributed by atoms with van der Waals surface area (Å²) in [6, 6.07) is 10.4. The Bertz CT molecular complexity index is 1320. The van der Waals surface area contributed by atoms with E-state index in [-0.39, 0.29) is 23.7 Å². The van der Waals surface area contributed by atoms with Crippen LogP contribution in [0.5, 0.6) is 23.0 Å². The maximum absolute atomic E-state index is 13.6. The smallest absolute Gasteiger partial charge is 0.325 e. The molecule has 0 spiro atoms. The maximum atomic E-state index is 13.6. The summed E-state index contributed by atoms with van der Waals surface area (Å²) in [5.41, 5.74) is 1.25. The molecule has 0 unspecified atom stereocenters. The average molecular weight is 515 g/mol. The van der Waals surface area contributed by atoms with Gasteiger partial charge in [0.1, 0.15) is 18.1 Å². The third-order valence-corrected chi connectivity index (χ3v) is 7.07. The van der Waals surface area contributed by atoms with Crippen molar-refractivity contribution in [2.24, 2.45) is 0 Å². The molecular formula is C25H26N2O8S. The normalized spacial score (nSPS) is 14.8. The van der Waals surface area contributed by atoms with E-state index in [0.29, 0.717) is 44.9 Å². The summed E-state index contributed by atoms with van der Waals surface area (Å²) in [6.45, 7) is -0.330. The highest BCUT2D eigenvalue weighted by molar-refractivity contribution is 7.10. The Morgan fingerprint density at radius 3 is 2.11 bits per heavy atom. The highest BCUT2D eigenvalue weighted by Gasteiger charge is 2.39. The van der Waals surface area contributed by atoms with Crippen LogP contribution in [-0.2, 0) is 20.9 Å². The molecule has 1 aliphatic rings. The standard InChI is InChI=1S/C25H26N2O8S/c1-31-16-8-6-15(7-9-16)27-20(28)12-17(14-10-18(32-2)22(35-5)19(11-14)33-3)23-24(27)26(25(30)36-23)13-21(29)34-4/h6-11,17H,12-13H2,1-5H3/t17-/m1/s1. The van der Waals surface area contributed by atoms with Crippen molar-refractivity contribution in [1.82, 2.24) is 4.57 Å². The number of benzene rings is 2. The van der Waals surface area contributed by atoms with E-state index in [4.69, 9.17) is 23.7 Å². The lowest BCUT2D eigenvalue weighted by Gasteiger charge is -2.33. The van der Waals surface area contributed by atoms with Crippen LogP contribution in [0, 0.1) is 0 Å². The van der Waals surface area contributed by atoms with Gasteiger partial charge in [0, 0.05) is 12.3 Å². The summed E-state index contributed by atoms with van der Waals surface area (Å²) in [5.74, 6) is 0.901. The van der Waals surface area contributed by atoms with Crippen molar-refractivity contribution in [2.45, 2.75) is 18.9 Å². The fourth-order valence-electron chi connectivity index (χ4n) is 4.25. The first-order valence-electron chi connectivity index (χ1n) is 10.9. The first-order chi connectivity index (χ1) is 17.4. The van der Waals surface area contributed by atoms with E-state index in [1.807, 2.05) is 0 Å². The van der Waals surface area contributed by atoms with Gasteiger partial charge < -0.3 is 23.7 Å².